The van der Waals surface area contributed by atoms with Gasteiger partial charge >= 0.3 is 5.97 Å². The molecule has 0 saturated heterocycles. The number of nitrogens with one attached hydrogen (secondary N) is 1. The molecule has 1 heterocycles. The maximum Gasteiger partial charge on any atom is 0.331 e. The van der Waals surface area contributed by atoms with Crippen LogP contribution < -0.4 is 10.1 Å². The van der Waals surface area contributed by atoms with E-state index < -0.39 is 11.9 Å². The maximum atomic E-state index is 11.8. The van der Waals surface area contributed by atoms with Gasteiger partial charge in [-0.3, -0.25) is 4.79 Å². The molecule has 1 aromatic carbocycles. The van der Waals surface area contributed by atoms with Gasteiger partial charge in [-0.2, -0.15) is 0 Å². The lowest BCUT2D eigenvalue weighted by atomic mass is 10.3. The van der Waals surface area contributed by atoms with Gasteiger partial charge in [-0.25, -0.2) is 4.79 Å². The number of carbonyl (C=O) groups excluding carboxylic acids is 2. The Balaban J connectivity index is 1.82. The van der Waals surface area contributed by atoms with Crippen LogP contribution in [0.4, 0.5) is 5.69 Å². The number of para-hydroxylation sites is 2. The lowest BCUT2D eigenvalue weighted by Gasteiger charge is -2.11. The Morgan fingerprint density at radius 3 is 2.78 bits per heavy atom. The van der Waals surface area contributed by atoms with Crippen molar-refractivity contribution in [2.45, 2.75) is 6.92 Å². The number of ether oxygens (including phenoxy) is 2. The molecule has 0 bridgehead atoms. The summed E-state index contributed by atoms with van der Waals surface area (Å²) >= 11 is 1.51. The van der Waals surface area contributed by atoms with Crippen LogP contribution in [-0.4, -0.2) is 25.1 Å². The smallest absolute Gasteiger partial charge is 0.331 e. The molecule has 1 N–H and O–H groups in total. The van der Waals surface area contributed by atoms with E-state index in [0.29, 0.717) is 18.0 Å². The summed E-state index contributed by atoms with van der Waals surface area (Å²) in [6.07, 6.45) is 2.95. The fourth-order valence-electron chi connectivity index (χ4n) is 1.76. The standard InChI is InChI=1S/C17H17NO4S/c1-2-21-15-8-4-3-7-14(15)18-16(19)12-22-17(20)10-9-13-6-5-11-23-13/h3-11H,2,12H2,1H3,(H,18,19)/b10-9+. The molecule has 6 heteroatoms. The summed E-state index contributed by atoms with van der Waals surface area (Å²) in [5.74, 6) is -0.408. The minimum absolute atomic E-state index is 0.353. The summed E-state index contributed by atoms with van der Waals surface area (Å²) in [7, 11) is 0. The van der Waals surface area contributed by atoms with E-state index in [-0.39, 0.29) is 6.61 Å². The third-order valence-corrected chi connectivity index (χ3v) is 3.57. The zero-order valence-electron chi connectivity index (χ0n) is 12.7. The van der Waals surface area contributed by atoms with Crippen molar-refractivity contribution < 1.29 is 19.1 Å². The molecular formula is C17H17NO4S. The van der Waals surface area contributed by atoms with Gasteiger partial charge in [0.2, 0.25) is 0 Å². The van der Waals surface area contributed by atoms with Crippen molar-refractivity contribution in [2.75, 3.05) is 18.5 Å². The molecule has 0 unspecified atom stereocenters. The Kier molecular flexibility index (Phi) is 6.38. The Morgan fingerprint density at radius 1 is 1.22 bits per heavy atom. The third kappa shape index (κ3) is 5.60. The molecular weight excluding hydrogens is 314 g/mol. The number of carbonyl (C=O) groups is 2. The van der Waals surface area contributed by atoms with Crippen LogP contribution in [0.5, 0.6) is 5.75 Å². The van der Waals surface area contributed by atoms with Crippen molar-refractivity contribution in [1.29, 1.82) is 0 Å². The Hall–Kier alpha value is -2.60. The van der Waals surface area contributed by atoms with Gasteiger partial charge in [0.05, 0.1) is 12.3 Å². The summed E-state index contributed by atoms with van der Waals surface area (Å²) in [5.41, 5.74) is 0.546. The van der Waals surface area contributed by atoms with Gasteiger partial charge in [0, 0.05) is 11.0 Å². The topological polar surface area (TPSA) is 64.6 Å². The maximum absolute atomic E-state index is 11.8. The highest BCUT2D eigenvalue weighted by atomic mass is 32.1. The van der Waals surface area contributed by atoms with E-state index in [4.69, 9.17) is 9.47 Å². The number of rotatable bonds is 7. The molecule has 0 radical (unpaired) electrons. The molecule has 2 aromatic rings. The first-order valence-electron chi connectivity index (χ1n) is 7.09. The molecule has 0 atom stereocenters. The minimum atomic E-state index is -0.563. The van der Waals surface area contributed by atoms with E-state index >= 15 is 0 Å². The molecule has 0 saturated carbocycles. The van der Waals surface area contributed by atoms with Crippen molar-refractivity contribution in [3.63, 3.8) is 0 Å². The molecule has 1 aromatic heterocycles. The van der Waals surface area contributed by atoms with E-state index in [1.807, 2.05) is 30.5 Å². The number of esters is 1. The van der Waals surface area contributed by atoms with Gasteiger partial charge < -0.3 is 14.8 Å². The highest BCUT2D eigenvalue weighted by molar-refractivity contribution is 7.10. The van der Waals surface area contributed by atoms with Crippen LogP contribution in [0, 0.1) is 0 Å². The predicted molar refractivity (Wildman–Crippen MR) is 90.6 cm³/mol. The Labute approximate surface area is 138 Å². The molecule has 23 heavy (non-hydrogen) atoms. The van der Waals surface area contributed by atoms with Crippen molar-refractivity contribution in [1.82, 2.24) is 0 Å². The van der Waals surface area contributed by atoms with Crippen molar-refractivity contribution in [3.05, 3.63) is 52.7 Å². The van der Waals surface area contributed by atoms with E-state index in [2.05, 4.69) is 5.32 Å². The molecule has 5 nitrogen and oxygen atoms in total. The van der Waals surface area contributed by atoms with Crippen LogP contribution in [0.1, 0.15) is 11.8 Å². The fraction of sp³-hybridized carbons (Fsp3) is 0.176. The second-order valence-electron chi connectivity index (χ2n) is 4.43. The Morgan fingerprint density at radius 2 is 2.04 bits per heavy atom. The van der Waals surface area contributed by atoms with Crippen LogP contribution in [0.3, 0.4) is 0 Å². The highest BCUT2D eigenvalue weighted by Gasteiger charge is 2.09. The van der Waals surface area contributed by atoms with Gasteiger partial charge in [-0.1, -0.05) is 18.2 Å². The summed E-state index contributed by atoms with van der Waals surface area (Å²) in [5, 5.41) is 4.57. The van der Waals surface area contributed by atoms with E-state index in [9.17, 15) is 9.59 Å². The summed E-state index contributed by atoms with van der Waals surface area (Å²) in [6.45, 7) is 2.00. The molecule has 120 valence electrons. The zero-order chi connectivity index (χ0) is 16.5. The summed E-state index contributed by atoms with van der Waals surface area (Å²) in [4.78, 5) is 24.3. The fourth-order valence-corrected chi connectivity index (χ4v) is 2.38. The number of hydrogen-bond donors (Lipinski definition) is 1. The third-order valence-electron chi connectivity index (χ3n) is 2.73. The zero-order valence-corrected chi connectivity index (χ0v) is 13.5. The average Bonchev–Trinajstić information content (AvgIpc) is 3.06. The van der Waals surface area contributed by atoms with Crippen molar-refractivity contribution >= 4 is 35.0 Å². The molecule has 0 aliphatic rings. The largest absolute Gasteiger partial charge is 0.492 e. The number of amides is 1. The second kappa shape index (κ2) is 8.75. The van der Waals surface area contributed by atoms with Gasteiger partial charge in [-0.15, -0.1) is 11.3 Å². The summed E-state index contributed by atoms with van der Waals surface area (Å²) < 4.78 is 10.3. The van der Waals surface area contributed by atoms with E-state index in [1.165, 1.54) is 17.4 Å². The Bertz CT molecular complexity index is 680. The molecule has 0 spiro atoms. The van der Waals surface area contributed by atoms with Gasteiger partial charge in [0.1, 0.15) is 5.75 Å². The van der Waals surface area contributed by atoms with Crippen molar-refractivity contribution in [3.8, 4) is 5.75 Å². The summed E-state index contributed by atoms with van der Waals surface area (Å²) in [6, 6.07) is 10.9. The number of anilines is 1. The van der Waals surface area contributed by atoms with Crippen LogP contribution in [0.15, 0.2) is 47.9 Å². The lowest BCUT2D eigenvalue weighted by Crippen LogP contribution is -2.20. The normalized spacial score (nSPS) is 10.5. The van der Waals surface area contributed by atoms with Gasteiger partial charge in [-0.05, 0) is 36.6 Å². The first kappa shape index (κ1) is 16.8. The first-order chi connectivity index (χ1) is 11.2. The van der Waals surface area contributed by atoms with Crippen LogP contribution in [-0.2, 0) is 14.3 Å². The molecule has 0 aliphatic heterocycles. The molecule has 2 rings (SSSR count). The van der Waals surface area contributed by atoms with E-state index in [0.717, 1.165) is 4.88 Å². The van der Waals surface area contributed by atoms with E-state index in [1.54, 1.807) is 24.3 Å². The first-order valence-corrected chi connectivity index (χ1v) is 7.97. The highest BCUT2D eigenvalue weighted by Crippen LogP contribution is 2.23. The number of hydrogen-bond acceptors (Lipinski definition) is 5. The second-order valence-corrected chi connectivity index (χ2v) is 5.41. The van der Waals surface area contributed by atoms with Gasteiger partial charge in [0.25, 0.3) is 5.91 Å². The van der Waals surface area contributed by atoms with Crippen LogP contribution in [0.2, 0.25) is 0 Å². The molecule has 0 fully saturated rings. The molecule has 1 amide bonds. The SMILES string of the molecule is CCOc1ccccc1NC(=O)COC(=O)/C=C/c1cccs1. The van der Waals surface area contributed by atoms with Gasteiger partial charge in [0.15, 0.2) is 6.61 Å². The van der Waals surface area contributed by atoms with Crippen LogP contribution in [0.25, 0.3) is 6.08 Å². The molecule has 0 aliphatic carbocycles. The predicted octanol–water partition coefficient (Wildman–Crippen LogP) is 3.34. The average molecular weight is 331 g/mol. The lowest BCUT2D eigenvalue weighted by molar-refractivity contribution is -0.142. The van der Waals surface area contributed by atoms with Crippen molar-refractivity contribution in [2.24, 2.45) is 0 Å². The number of thiophene rings is 1. The van der Waals surface area contributed by atoms with Crippen LogP contribution >= 0.6 is 11.3 Å². The quantitative estimate of drug-likeness (QED) is 0.624. The number of benzene rings is 1. The monoisotopic (exact) mass is 331 g/mol. The minimum Gasteiger partial charge on any atom is -0.492 e.